The Labute approximate surface area is 233 Å². The summed E-state index contributed by atoms with van der Waals surface area (Å²) in [4.78, 5) is 33.4. The van der Waals surface area contributed by atoms with Gasteiger partial charge >= 0.3 is 0 Å². The first-order valence-corrected chi connectivity index (χ1v) is 14.7. The Morgan fingerprint density at radius 3 is 2.32 bits per heavy atom. The van der Waals surface area contributed by atoms with Crippen molar-refractivity contribution in [2.75, 3.05) is 4.90 Å². The van der Waals surface area contributed by atoms with Crippen molar-refractivity contribution in [3.8, 4) is 0 Å². The van der Waals surface area contributed by atoms with E-state index in [1.54, 1.807) is 6.92 Å². The molecule has 0 saturated heterocycles. The van der Waals surface area contributed by atoms with Crippen LogP contribution in [0.3, 0.4) is 0 Å². The first-order valence-electron chi connectivity index (χ1n) is 12.1. The third-order valence-corrected chi connectivity index (χ3v) is 9.55. The van der Waals surface area contributed by atoms with Crippen LogP contribution in [0.5, 0.6) is 0 Å². The van der Waals surface area contributed by atoms with E-state index in [-0.39, 0.29) is 5.57 Å². The summed E-state index contributed by atoms with van der Waals surface area (Å²) in [6.07, 6.45) is 0.859. The number of ketones is 1. The molecule has 194 valence electrons. The molecule has 0 bridgehead atoms. The number of aliphatic hydroxyl groups excluding tert-OH is 1. The normalized spacial score (nSPS) is 15.5. The number of hydrogen-bond acceptors (Lipinski definition) is 9. The summed E-state index contributed by atoms with van der Waals surface area (Å²) in [6.45, 7) is 7.70. The molecule has 1 N–H and O–H groups in total. The number of thioether (sulfide) groups is 1. The molecule has 3 heterocycles. The number of aliphatic hydroxyl groups is 1. The lowest BCUT2D eigenvalue weighted by Gasteiger charge is -2.24. The summed E-state index contributed by atoms with van der Waals surface area (Å²) in [5, 5.41) is 20.7. The second-order valence-corrected chi connectivity index (χ2v) is 12.4. The number of amides is 1. The number of Topliss-reactive ketones (excluding diaryl/α,β-unsaturated/α-hetero) is 1. The van der Waals surface area contributed by atoms with Crippen LogP contribution in [0.4, 0.5) is 5.13 Å². The van der Waals surface area contributed by atoms with Crippen LogP contribution >= 0.6 is 34.4 Å². The van der Waals surface area contributed by atoms with Crippen molar-refractivity contribution in [2.24, 2.45) is 0 Å². The fourth-order valence-corrected chi connectivity index (χ4v) is 7.03. The topological polar surface area (TPSA) is 96.3 Å². The van der Waals surface area contributed by atoms with Gasteiger partial charge in [-0.15, -0.1) is 21.5 Å². The van der Waals surface area contributed by atoms with Crippen molar-refractivity contribution in [1.82, 2.24) is 15.2 Å². The van der Waals surface area contributed by atoms with Gasteiger partial charge in [0.25, 0.3) is 5.91 Å². The Morgan fingerprint density at radius 1 is 1.00 bits per heavy atom. The summed E-state index contributed by atoms with van der Waals surface area (Å²) in [6, 6.07) is 15.2. The predicted molar refractivity (Wildman–Crippen MR) is 152 cm³/mol. The van der Waals surface area contributed by atoms with E-state index in [2.05, 4.69) is 46.4 Å². The van der Waals surface area contributed by atoms with Crippen LogP contribution in [0.15, 0.2) is 64.2 Å². The number of nitrogens with zero attached hydrogens (tertiary/aromatic N) is 4. The Kier molecular flexibility index (Phi) is 7.47. The lowest BCUT2D eigenvalue weighted by molar-refractivity contribution is -0.117. The van der Waals surface area contributed by atoms with Crippen molar-refractivity contribution in [3.63, 3.8) is 0 Å². The second-order valence-electron chi connectivity index (χ2n) is 9.04. The molecule has 7 nitrogen and oxygen atoms in total. The molecule has 0 spiro atoms. The Bertz CT molecular complexity index is 1540. The van der Waals surface area contributed by atoms with Crippen molar-refractivity contribution in [1.29, 1.82) is 0 Å². The van der Waals surface area contributed by atoms with Crippen LogP contribution in [0, 0.1) is 20.8 Å². The molecule has 4 aromatic rings. The van der Waals surface area contributed by atoms with Gasteiger partial charge in [0, 0.05) is 5.75 Å². The number of anilines is 1. The van der Waals surface area contributed by atoms with E-state index in [9.17, 15) is 14.7 Å². The fourth-order valence-electron chi connectivity index (χ4n) is 4.34. The molecular formula is C28H26N4O3S3. The highest BCUT2D eigenvalue weighted by Gasteiger charge is 2.46. The van der Waals surface area contributed by atoms with Gasteiger partial charge in [-0.25, -0.2) is 4.98 Å². The quantitative estimate of drug-likeness (QED) is 0.148. The third-order valence-electron chi connectivity index (χ3n) is 6.35. The maximum absolute atomic E-state index is 13.7. The average Bonchev–Trinajstić information content (AvgIpc) is 3.59. The minimum atomic E-state index is -0.828. The zero-order valence-electron chi connectivity index (χ0n) is 21.4. The van der Waals surface area contributed by atoms with Gasteiger partial charge in [-0.1, -0.05) is 84.1 Å². The summed E-state index contributed by atoms with van der Waals surface area (Å²) in [5.74, 6) is -0.913. The van der Waals surface area contributed by atoms with Gasteiger partial charge in [-0.05, 0) is 43.9 Å². The second kappa shape index (κ2) is 10.8. The van der Waals surface area contributed by atoms with Crippen molar-refractivity contribution < 1.29 is 14.7 Å². The van der Waals surface area contributed by atoms with Gasteiger partial charge in [0.05, 0.1) is 27.2 Å². The number of thiazole rings is 1. The number of benzene rings is 2. The molecule has 2 aromatic carbocycles. The lowest BCUT2D eigenvalue weighted by atomic mass is 9.94. The van der Waals surface area contributed by atoms with Crippen LogP contribution in [0.1, 0.15) is 55.6 Å². The molecule has 1 aliphatic rings. The predicted octanol–water partition coefficient (Wildman–Crippen LogP) is 6.56. The average molecular weight is 563 g/mol. The number of hydrogen-bond donors (Lipinski definition) is 1. The molecular weight excluding hydrogens is 537 g/mol. The van der Waals surface area contributed by atoms with E-state index in [0.717, 1.165) is 22.6 Å². The van der Waals surface area contributed by atoms with Gasteiger partial charge < -0.3 is 5.11 Å². The van der Waals surface area contributed by atoms with Gasteiger partial charge in [0.15, 0.2) is 10.1 Å². The zero-order valence-corrected chi connectivity index (χ0v) is 23.8. The smallest absolute Gasteiger partial charge is 0.296 e. The molecule has 1 unspecified atom stereocenters. The Morgan fingerprint density at radius 2 is 1.68 bits per heavy atom. The molecule has 0 saturated carbocycles. The van der Waals surface area contributed by atoms with E-state index in [4.69, 9.17) is 0 Å². The molecule has 2 aromatic heterocycles. The van der Waals surface area contributed by atoms with Crippen molar-refractivity contribution >= 4 is 51.3 Å². The van der Waals surface area contributed by atoms with Crippen LogP contribution in [-0.4, -0.2) is 32.0 Å². The molecule has 5 rings (SSSR count). The highest BCUT2D eigenvalue weighted by Crippen LogP contribution is 2.44. The van der Waals surface area contributed by atoms with E-state index in [1.165, 1.54) is 44.9 Å². The highest BCUT2D eigenvalue weighted by atomic mass is 32.2. The molecule has 1 atom stereocenters. The van der Waals surface area contributed by atoms with Gasteiger partial charge in [-0.2, -0.15) is 0 Å². The SMILES string of the molecule is CCc1ccc(C2C(C(=O)c3sc(C)nc3C)=C(O)C(=O)N2c2nnc(SCc3ccc(C)cc3)s2)cc1. The van der Waals surface area contributed by atoms with E-state index < -0.39 is 23.5 Å². The minimum absolute atomic E-state index is 0.0371. The first-order chi connectivity index (χ1) is 18.3. The van der Waals surface area contributed by atoms with Gasteiger partial charge in [0.1, 0.15) is 0 Å². The van der Waals surface area contributed by atoms with Gasteiger partial charge in [-0.3, -0.25) is 14.5 Å². The van der Waals surface area contributed by atoms with E-state index in [1.807, 2.05) is 38.1 Å². The standard InChI is InChI=1S/C28H26N4O3S3/c1-5-18-10-12-20(13-11-18)22-21(23(33)25-16(3)29-17(4)37-25)24(34)26(35)32(22)27-30-31-28(38-27)36-14-19-8-6-15(2)7-9-19/h6-13,22,34H,5,14H2,1-4H3. The lowest BCUT2D eigenvalue weighted by Crippen LogP contribution is -2.31. The molecule has 0 radical (unpaired) electrons. The number of rotatable bonds is 8. The summed E-state index contributed by atoms with van der Waals surface area (Å²) >= 11 is 4.06. The monoisotopic (exact) mass is 562 g/mol. The van der Waals surface area contributed by atoms with Gasteiger partial charge in [0.2, 0.25) is 10.9 Å². The number of aromatic nitrogens is 3. The van der Waals surface area contributed by atoms with Crippen LogP contribution in [-0.2, 0) is 17.0 Å². The minimum Gasteiger partial charge on any atom is -0.503 e. The van der Waals surface area contributed by atoms with Crippen molar-refractivity contribution in [3.05, 3.63) is 97.7 Å². The summed E-state index contributed by atoms with van der Waals surface area (Å²) in [7, 11) is 0. The molecule has 0 aliphatic carbocycles. The largest absolute Gasteiger partial charge is 0.503 e. The maximum Gasteiger partial charge on any atom is 0.296 e. The fraction of sp³-hybridized carbons (Fsp3) is 0.250. The summed E-state index contributed by atoms with van der Waals surface area (Å²) in [5.41, 5.74) is 4.82. The molecule has 1 aliphatic heterocycles. The Balaban J connectivity index is 1.50. The van der Waals surface area contributed by atoms with Crippen LogP contribution in [0.25, 0.3) is 0 Å². The summed E-state index contributed by atoms with van der Waals surface area (Å²) < 4.78 is 0.696. The zero-order chi connectivity index (χ0) is 27.0. The highest BCUT2D eigenvalue weighted by molar-refractivity contribution is 8.00. The molecule has 1 amide bonds. The number of carbonyl (C=O) groups excluding carboxylic acids is 2. The molecule has 38 heavy (non-hydrogen) atoms. The van der Waals surface area contributed by atoms with Crippen LogP contribution in [0.2, 0.25) is 0 Å². The van der Waals surface area contributed by atoms with Crippen molar-refractivity contribution in [2.45, 2.75) is 50.3 Å². The van der Waals surface area contributed by atoms with E-state index in [0.29, 0.717) is 31.4 Å². The Hall–Kier alpha value is -3.34. The third kappa shape index (κ3) is 5.03. The van der Waals surface area contributed by atoms with Crippen LogP contribution < -0.4 is 4.90 Å². The first kappa shape index (κ1) is 26.3. The van der Waals surface area contributed by atoms with E-state index >= 15 is 0 Å². The number of aryl methyl sites for hydroxylation is 4. The number of carbonyl (C=O) groups is 2. The molecule has 10 heteroatoms. The molecule has 0 fully saturated rings. The maximum atomic E-state index is 13.7.